The van der Waals surface area contributed by atoms with Gasteiger partial charge in [-0.2, -0.15) is 0 Å². The predicted octanol–water partition coefficient (Wildman–Crippen LogP) is 2.09. The van der Waals surface area contributed by atoms with Gasteiger partial charge in [0.2, 0.25) is 0 Å². The van der Waals surface area contributed by atoms with Crippen LogP contribution < -0.4 is 0 Å². The van der Waals surface area contributed by atoms with Gasteiger partial charge in [-0.25, -0.2) is 8.78 Å². The van der Waals surface area contributed by atoms with Crippen molar-refractivity contribution < 1.29 is 8.78 Å². The van der Waals surface area contributed by atoms with Crippen LogP contribution in [0.3, 0.4) is 0 Å². The van der Waals surface area contributed by atoms with E-state index >= 15 is 0 Å². The molecule has 0 nitrogen and oxygen atoms in total. The maximum absolute atomic E-state index is 12.6. The van der Waals surface area contributed by atoms with E-state index in [9.17, 15) is 8.78 Å². The Balaban J connectivity index is 2.15. The summed E-state index contributed by atoms with van der Waals surface area (Å²) in [5, 5.41) is 0. The van der Waals surface area contributed by atoms with Crippen LogP contribution in [-0.4, -0.2) is 12.3 Å². The van der Waals surface area contributed by atoms with E-state index < -0.39 is 12.3 Å². The summed E-state index contributed by atoms with van der Waals surface area (Å²) in [6.45, 7) is 0. The first kappa shape index (κ1) is 5.63. The Kier molecular flexibility index (Phi) is 1.05. The summed E-state index contributed by atoms with van der Waals surface area (Å²) >= 11 is 0. The molecule has 2 saturated carbocycles. The molecule has 0 N–H and O–H groups in total. The van der Waals surface area contributed by atoms with Gasteiger partial charge >= 0.3 is 0 Å². The van der Waals surface area contributed by atoms with E-state index in [1.165, 1.54) is 0 Å². The van der Waals surface area contributed by atoms with Crippen molar-refractivity contribution in [3.63, 3.8) is 0 Å². The minimum absolute atomic E-state index is 0.0741. The molecule has 0 aromatic rings. The molecule has 0 saturated heterocycles. The van der Waals surface area contributed by atoms with Crippen LogP contribution in [0.25, 0.3) is 0 Å². The normalized spacial score (nSPS) is 56.7. The molecule has 52 valence electrons. The highest BCUT2D eigenvalue weighted by atomic mass is 19.2. The Bertz CT molecular complexity index is 106. The molecule has 2 bridgehead atoms. The van der Waals surface area contributed by atoms with Crippen LogP contribution in [0.5, 0.6) is 0 Å². The van der Waals surface area contributed by atoms with Crippen molar-refractivity contribution in [2.45, 2.75) is 31.6 Å². The molecule has 4 atom stereocenters. The standard InChI is InChI=1S/C7H10F2/c8-6-4-1-2-5(3-4)7(6)9/h4-7H,1-3H2. The molecule has 2 fully saturated rings. The van der Waals surface area contributed by atoms with Gasteiger partial charge in [0.1, 0.15) is 12.3 Å². The summed E-state index contributed by atoms with van der Waals surface area (Å²) in [6, 6.07) is 0. The quantitative estimate of drug-likeness (QED) is 0.473. The highest BCUT2D eigenvalue weighted by Crippen LogP contribution is 2.47. The first-order valence-corrected chi connectivity index (χ1v) is 3.57. The molecular weight excluding hydrogens is 122 g/mol. The number of hydrogen-bond acceptors (Lipinski definition) is 0. The fourth-order valence-electron chi connectivity index (χ4n) is 2.15. The molecule has 0 spiro atoms. The number of fused-ring (bicyclic) bond motifs is 2. The van der Waals surface area contributed by atoms with Crippen molar-refractivity contribution in [2.24, 2.45) is 11.8 Å². The fraction of sp³-hybridized carbons (Fsp3) is 1.00. The smallest absolute Gasteiger partial charge is 0.134 e. The second-order valence-corrected chi connectivity index (χ2v) is 3.22. The van der Waals surface area contributed by atoms with E-state index in [1.54, 1.807) is 0 Å². The van der Waals surface area contributed by atoms with Crippen LogP contribution in [0.2, 0.25) is 0 Å². The molecule has 0 aromatic carbocycles. The molecule has 0 aliphatic heterocycles. The highest BCUT2D eigenvalue weighted by Gasteiger charge is 2.48. The van der Waals surface area contributed by atoms with Gasteiger partial charge in [-0.05, 0) is 31.1 Å². The summed E-state index contributed by atoms with van der Waals surface area (Å²) in [5.74, 6) is 0.148. The lowest BCUT2D eigenvalue weighted by atomic mass is 9.97. The second kappa shape index (κ2) is 1.68. The van der Waals surface area contributed by atoms with E-state index in [-0.39, 0.29) is 11.8 Å². The number of alkyl halides is 2. The van der Waals surface area contributed by atoms with E-state index in [1.807, 2.05) is 0 Å². The van der Waals surface area contributed by atoms with Gasteiger partial charge in [0, 0.05) is 0 Å². The van der Waals surface area contributed by atoms with Gasteiger partial charge < -0.3 is 0 Å². The number of hydrogen-bond donors (Lipinski definition) is 0. The molecule has 0 heterocycles. The van der Waals surface area contributed by atoms with Crippen molar-refractivity contribution in [1.82, 2.24) is 0 Å². The van der Waals surface area contributed by atoms with Crippen molar-refractivity contribution in [2.75, 3.05) is 0 Å². The minimum atomic E-state index is -1.12. The van der Waals surface area contributed by atoms with Gasteiger partial charge in [-0.3, -0.25) is 0 Å². The summed E-state index contributed by atoms with van der Waals surface area (Å²) in [7, 11) is 0. The Labute approximate surface area is 53.2 Å². The lowest BCUT2D eigenvalue weighted by Crippen LogP contribution is -2.24. The van der Waals surface area contributed by atoms with Crippen molar-refractivity contribution in [3.8, 4) is 0 Å². The number of rotatable bonds is 0. The first-order valence-electron chi connectivity index (χ1n) is 3.57. The molecule has 2 rings (SSSR count). The Morgan fingerprint density at radius 1 is 0.889 bits per heavy atom. The summed E-state index contributed by atoms with van der Waals surface area (Å²) in [4.78, 5) is 0. The molecular formula is C7H10F2. The topological polar surface area (TPSA) is 0 Å². The van der Waals surface area contributed by atoms with E-state index in [0.717, 1.165) is 19.3 Å². The summed E-state index contributed by atoms with van der Waals surface area (Å²) in [5.41, 5.74) is 0. The fourth-order valence-corrected chi connectivity index (χ4v) is 2.15. The molecule has 0 aromatic heterocycles. The molecule has 0 amide bonds. The van der Waals surface area contributed by atoms with Gasteiger partial charge in [0.05, 0.1) is 0 Å². The average Bonchev–Trinajstić information content (AvgIpc) is 2.37. The SMILES string of the molecule is FC1C2CCC(C2)C1F. The van der Waals surface area contributed by atoms with E-state index in [2.05, 4.69) is 0 Å². The van der Waals surface area contributed by atoms with Crippen LogP contribution in [-0.2, 0) is 0 Å². The minimum Gasteiger partial charge on any atom is -0.244 e. The Morgan fingerprint density at radius 3 is 1.56 bits per heavy atom. The average molecular weight is 132 g/mol. The monoisotopic (exact) mass is 132 g/mol. The highest BCUT2D eigenvalue weighted by molar-refractivity contribution is 4.97. The Hall–Kier alpha value is -0.140. The molecule has 9 heavy (non-hydrogen) atoms. The predicted molar refractivity (Wildman–Crippen MR) is 30.6 cm³/mol. The van der Waals surface area contributed by atoms with Crippen LogP contribution in [0.4, 0.5) is 8.78 Å². The molecule has 2 heteroatoms. The van der Waals surface area contributed by atoms with Gasteiger partial charge in [0.25, 0.3) is 0 Å². The van der Waals surface area contributed by atoms with Crippen LogP contribution >= 0.6 is 0 Å². The zero-order valence-corrected chi connectivity index (χ0v) is 5.19. The maximum Gasteiger partial charge on any atom is 0.134 e. The van der Waals surface area contributed by atoms with Gasteiger partial charge in [-0.15, -0.1) is 0 Å². The number of halogens is 2. The van der Waals surface area contributed by atoms with Gasteiger partial charge in [-0.1, -0.05) is 0 Å². The maximum atomic E-state index is 12.6. The van der Waals surface area contributed by atoms with Gasteiger partial charge in [0.15, 0.2) is 0 Å². The van der Waals surface area contributed by atoms with E-state index in [0.29, 0.717) is 0 Å². The first-order chi connectivity index (χ1) is 4.29. The lowest BCUT2D eigenvalue weighted by Gasteiger charge is -2.17. The molecule has 2 aliphatic carbocycles. The lowest BCUT2D eigenvalue weighted by molar-refractivity contribution is 0.109. The summed E-state index contributed by atoms with van der Waals surface area (Å²) in [6.07, 6.45) is 0.411. The largest absolute Gasteiger partial charge is 0.244 e. The molecule has 0 radical (unpaired) electrons. The zero-order chi connectivity index (χ0) is 6.43. The van der Waals surface area contributed by atoms with Crippen molar-refractivity contribution in [3.05, 3.63) is 0 Å². The van der Waals surface area contributed by atoms with Crippen molar-refractivity contribution in [1.29, 1.82) is 0 Å². The zero-order valence-electron chi connectivity index (χ0n) is 5.19. The third-order valence-electron chi connectivity index (χ3n) is 2.72. The van der Waals surface area contributed by atoms with Crippen LogP contribution in [0.15, 0.2) is 0 Å². The second-order valence-electron chi connectivity index (χ2n) is 3.22. The van der Waals surface area contributed by atoms with Crippen LogP contribution in [0.1, 0.15) is 19.3 Å². The summed E-state index contributed by atoms with van der Waals surface area (Å²) < 4.78 is 25.3. The third-order valence-corrected chi connectivity index (χ3v) is 2.72. The molecule has 2 aliphatic rings. The Morgan fingerprint density at radius 2 is 1.33 bits per heavy atom. The third kappa shape index (κ3) is 0.620. The van der Waals surface area contributed by atoms with Crippen LogP contribution in [0, 0.1) is 11.8 Å². The van der Waals surface area contributed by atoms with E-state index in [4.69, 9.17) is 0 Å². The molecule has 4 unspecified atom stereocenters. The van der Waals surface area contributed by atoms with Crippen molar-refractivity contribution >= 4 is 0 Å².